The maximum atomic E-state index is 4.64. The Balaban J connectivity index is 2.18. The molecule has 1 atom stereocenters. The first-order chi connectivity index (χ1) is 9.19. The first kappa shape index (κ1) is 13.8. The van der Waals surface area contributed by atoms with Gasteiger partial charge in [0, 0.05) is 5.69 Å². The average molecular weight is 254 g/mol. The minimum absolute atomic E-state index is 0.285. The lowest BCUT2D eigenvalue weighted by Crippen LogP contribution is -2.24. The molecule has 0 saturated carbocycles. The van der Waals surface area contributed by atoms with E-state index in [1.54, 1.807) is 0 Å². The Hall–Kier alpha value is -1.67. The molecule has 1 aromatic carbocycles. The van der Waals surface area contributed by atoms with E-state index >= 15 is 0 Å². The van der Waals surface area contributed by atoms with Crippen LogP contribution in [0.4, 0.5) is 0 Å². The standard InChI is InChI=1S/C17H22N2/c1-4-18-17(16-7-5-6-14(3)19-16)12-15-10-8-13(2)9-11-15/h5-11,17-18H,4,12H2,1-3H3. The molecule has 0 amide bonds. The summed E-state index contributed by atoms with van der Waals surface area (Å²) >= 11 is 0. The lowest BCUT2D eigenvalue weighted by Gasteiger charge is -2.18. The van der Waals surface area contributed by atoms with Crippen LogP contribution in [0.15, 0.2) is 42.5 Å². The van der Waals surface area contributed by atoms with E-state index < -0.39 is 0 Å². The summed E-state index contributed by atoms with van der Waals surface area (Å²) in [6.45, 7) is 7.25. The first-order valence-electron chi connectivity index (χ1n) is 6.91. The minimum Gasteiger partial charge on any atom is -0.309 e. The Bertz CT molecular complexity index is 517. The summed E-state index contributed by atoms with van der Waals surface area (Å²) in [5.74, 6) is 0. The van der Waals surface area contributed by atoms with Crippen LogP contribution in [0.5, 0.6) is 0 Å². The maximum absolute atomic E-state index is 4.64. The van der Waals surface area contributed by atoms with Crippen LogP contribution in [0.1, 0.15) is 35.5 Å². The molecule has 100 valence electrons. The number of nitrogens with zero attached hydrogens (tertiary/aromatic N) is 1. The number of hydrogen-bond acceptors (Lipinski definition) is 2. The molecule has 0 saturated heterocycles. The highest BCUT2D eigenvalue weighted by molar-refractivity contribution is 5.24. The Morgan fingerprint density at radius 1 is 1.05 bits per heavy atom. The fourth-order valence-corrected chi connectivity index (χ4v) is 2.25. The molecule has 19 heavy (non-hydrogen) atoms. The predicted octanol–water partition coefficient (Wildman–Crippen LogP) is 3.59. The third-order valence-corrected chi connectivity index (χ3v) is 3.28. The zero-order valence-corrected chi connectivity index (χ0v) is 12.0. The van der Waals surface area contributed by atoms with Gasteiger partial charge in [-0.1, -0.05) is 42.8 Å². The lowest BCUT2D eigenvalue weighted by molar-refractivity contribution is 0.535. The smallest absolute Gasteiger partial charge is 0.0579 e. The number of rotatable bonds is 5. The molecule has 2 nitrogen and oxygen atoms in total. The molecule has 0 spiro atoms. The number of aromatic nitrogens is 1. The van der Waals surface area contributed by atoms with Crippen molar-refractivity contribution in [3.63, 3.8) is 0 Å². The van der Waals surface area contributed by atoms with Crippen LogP contribution < -0.4 is 5.32 Å². The van der Waals surface area contributed by atoms with Crippen LogP contribution >= 0.6 is 0 Å². The zero-order valence-electron chi connectivity index (χ0n) is 12.0. The molecule has 2 heteroatoms. The summed E-state index contributed by atoms with van der Waals surface area (Å²) in [5, 5.41) is 3.53. The topological polar surface area (TPSA) is 24.9 Å². The Morgan fingerprint density at radius 2 is 1.79 bits per heavy atom. The number of nitrogens with one attached hydrogen (secondary N) is 1. The van der Waals surface area contributed by atoms with E-state index in [0.717, 1.165) is 24.4 Å². The van der Waals surface area contributed by atoms with Gasteiger partial charge in [0.25, 0.3) is 0 Å². The third-order valence-electron chi connectivity index (χ3n) is 3.28. The fourth-order valence-electron chi connectivity index (χ4n) is 2.25. The molecular formula is C17H22N2. The van der Waals surface area contributed by atoms with Crippen molar-refractivity contribution in [2.24, 2.45) is 0 Å². The SMILES string of the molecule is CCNC(Cc1ccc(C)cc1)c1cccc(C)n1. The van der Waals surface area contributed by atoms with Crippen molar-refractivity contribution in [2.45, 2.75) is 33.2 Å². The summed E-state index contributed by atoms with van der Waals surface area (Å²) in [7, 11) is 0. The first-order valence-corrected chi connectivity index (χ1v) is 6.91. The Morgan fingerprint density at radius 3 is 2.42 bits per heavy atom. The monoisotopic (exact) mass is 254 g/mol. The summed E-state index contributed by atoms with van der Waals surface area (Å²) < 4.78 is 0. The van der Waals surface area contributed by atoms with Crippen molar-refractivity contribution in [3.05, 3.63) is 65.0 Å². The Labute approximate surface area is 115 Å². The average Bonchev–Trinajstić information content (AvgIpc) is 2.41. The van der Waals surface area contributed by atoms with E-state index in [4.69, 9.17) is 0 Å². The summed E-state index contributed by atoms with van der Waals surface area (Å²) in [5.41, 5.74) is 4.85. The van der Waals surface area contributed by atoms with Gasteiger partial charge in [0.05, 0.1) is 11.7 Å². The fraction of sp³-hybridized carbons (Fsp3) is 0.353. The van der Waals surface area contributed by atoms with Gasteiger partial charge in [-0.2, -0.15) is 0 Å². The molecule has 0 aliphatic carbocycles. The largest absolute Gasteiger partial charge is 0.309 e. The molecular weight excluding hydrogens is 232 g/mol. The number of pyridine rings is 1. The number of hydrogen-bond donors (Lipinski definition) is 1. The van der Waals surface area contributed by atoms with Crippen LogP contribution in [0, 0.1) is 13.8 Å². The van der Waals surface area contributed by atoms with Crippen molar-refractivity contribution in [1.29, 1.82) is 0 Å². The van der Waals surface area contributed by atoms with Gasteiger partial charge in [0.2, 0.25) is 0 Å². The van der Waals surface area contributed by atoms with Crippen molar-refractivity contribution >= 4 is 0 Å². The van der Waals surface area contributed by atoms with E-state index in [1.807, 2.05) is 13.0 Å². The summed E-state index contributed by atoms with van der Waals surface area (Å²) in [4.78, 5) is 4.64. The van der Waals surface area contributed by atoms with E-state index in [0.29, 0.717) is 0 Å². The van der Waals surface area contributed by atoms with Gasteiger partial charge in [0.1, 0.15) is 0 Å². The van der Waals surface area contributed by atoms with Gasteiger partial charge in [-0.3, -0.25) is 4.98 Å². The van der Waals surface area contributed by atoms with Crippen LogP contribution in [-0.2, 0) is 6.42 Å². The molecule has 0 radical (unpaired) electrons. The van der Waals surface area contributed by atoms with E-state index in [9.17, 15) is 0 Å². The highest BCUT2D eigenvalue weighted by Gasteiger charge is 2.12. The predicted molar refractivity (Wildman–Crippen MR) is 80.3 cm³/mol. The van der Waals surface area contributed by atoms with Crippen molar-refractivity contribution in [2.75, 3.05) is 6.54 Å². The molecule has 0 aliphatic heterocycles. The molecule has 1 N–H and O–H groups in total. The van der Waals surface area contributed by atoms with E-state index in [-0.39, 0.29) is 6.04 Å². The van der Waals surface area contributed by atoms with Gasteiger partial charge in [-0.15, -0.1) is 0 Å². The molecule has 1 aromatic heterocycles. The van der Waals surface area contributed by atoms with Crippen molar-refractivity contribution < 1.29 is 0 Å². The molecule has 2 aromatic rings. The molecule has 0 bridgehead atoms. The Kier molecular flexibility index (Phi) is 4.69. The second-order valence-electron chi connectivity index (χ2n) is 5.00. The normalized spacial score (nSPS) is 12.4. The summed E-state index contributed by atoms with van der Waals surface area (Å²) in [6.07, 6.45) is 0.977. The number of benzene rings is 1. The van der Waals surface area contributed by atoms with Gasteiger partial charge in [-0.05, 0) is 44.5 Å². The lowest BCUT2D eigenvalue weighted by atomic mass is 10.0. The molecule has 0 fully saturated rings. The molecule has 0 aliphatic rings. The quantitative estimate of drug-likeness (QED) is 0.882. The maximum Gasteiger partial charge on any atom is 0.0579 e. The van der Waals surface area contributed by atoms with Crippen molar-refractivity contribution in [1.82, 2.24) is 10.3 Å². The molecule has 2 rings (SSSR count). The van der Waals surface area contributed by atoms with Gasteiger partial charge in [0.15, 0.2) is 0 Å². The van der Waals surface area contributed by atoms with Gasteiger partial charge in [-0.25, -0.2) is 0 Å². The van der Waals surface area contributed by atoms with E-state index in [1.165, 1.54) is 11.1 Å². The van der Waals surface area contributed by atoms with Crippen molar-refractivity contribution in [3.8, 4) is 0 Å². The van der Waals surface area contributed by atoms with Crippen LogP contribution in [-0.4, -0.2) is 11.5 Å². The van der Waals surface area contributed by atoms with Crippen LogP contribution in [0.3, 0.4) is 0 Å². The van der Waals surface area contributed by atoms with Gasteiger partial charge >= 0.3 is 0 Å². The second-order valence-corrected chi connectivity index (χ2v) is 5.00. The van der Waals surface area contributed by atoms with Crippen LogP contribution in [0.25, 0.3) is 0 Å². The van der Waals surface area contributed by atoms with E-state index in [2.05, 4.69) is 60.5 Å². The summed E-state index contributed by atoms with van der Waals surface area (Å²) in [6, 6.07) is 15.3. The highest BCUT2D eigenvalue weighted by atomic mass is 14.9. The van der Waals surface area contributed by atoms with Crippen LogP contribution in [0.2, 0.25) is 0 Å². The zero-order chi connectivity index (χ0) is 13.7. The number of likely N-dealkylation sites (N-methyl/N-ethyl adjacent to an activating group) is 1. The third kappa shape index (κ3) is 3.90. The molecule has 1 unspecified atom stereocenters. The minimum atomic E-state index is 0.285. The highest BCUT2D eigenvalue weighted by Crippen LogP contribution is 2.17. The molecule has 1 heterocycles. The van der Waals surface area contributed by atoms with Gasteiger partial charge < -0.3 is 5.32 Å². The number of aryl methyl sites for hydroxylation is 2. The second kappa shape index (κ2) is 6.48.